The van der Waals surface area contributed by atoms with Gasteiger partial charge in [0, 0.05) is 5.69 Å². The van der Waals surface area contributed by atoms with Gasteiger partial charge < -0.3 is 4.90 Å². The maximum absolute atomic E-state index is 11.4. The van der Waals surface area contributed by atoms with E-state index in [2.05, 4.69) is 5.32 Å². The van der Waals surface area contributed by atoms with Gasteiger partial charge >= 0.3 is 0 Å². The first-order valence-electron chi connectivity index (χ1n) is 4.91. The molecule has 80 valence electrons. The predicted molar refractivity (Wildman–Crippen MR) is 55.5 cm³/mol. The molecule has 16 heavy (non-hydrogen) atoms. The molecule has 0 spiro atoms. The third kappa shape index (κ3) is 1.14. The van der Waals surface area contributed by atoms with E-state index >= 15 is 0 Å². The summed E-state index contributed by atoms with van der Waals surface area (Å²) in [7, 11) is 0. The second-order valence-corrected chi connectivity index (χ2v) is 3.91. The number of benzene rings is 1. The number of anilines is 1. The Morgan fingerprint density at radius 1 is 1.00 bits per heavy atom. The van der Waals surface area contributed by atoms with Crippen LogP contribution in [0.3, 0.4) is 0 Å². The highest BCUT2D eigenvalue weighted by molar-refractivity contribution is 6.21. The molecule has 1 aromatic carbocycles. The number of rotatable bonds is 1. The van der Waals surface area contributed by atoms with Crippen LogP contribution in [0.1, 0.15) is 20.7 Å². The molecule has 5 heteroatoms. The number of ketones is 1. The number of fused-ring (bicyclic) bond motifs is 1. The minimum atomic E-state index is -0.367. The second-order valence-electron chi connectivity index (χ2n) is 3.91. The fraction of sp³-hybridized carbons (Fsp3) is 0.182. The van der Waals surface area contributed by atoms with Crippen molar-refractivity contribution in [2.24, 2.45) is 0 Å². The third-order valence-electron chi connectivity index (χ3n) is 2.82. The fourth-order valence-electron chi connectivity index (χ4n) is 1.91. The number of hydrogen-bond acceptors (Lipinski definition) is 4. The van der Waals surface area contributed by atoms with Crippen molar-refractivity contribution in [1.29, 1.82) is 0 Å². The highest BCUT2D eigenvalue weighted by Crippen LogP contribution is 2.25. The Bertz CT molecular complexity index is 528. The highest BCUT2D eigenvalue weighted by Gasteiger charge is 2.29. The second kappa shape index (κ2) is 2.91. The summed E-state index contributed by atoms with van der Waals surface area (Å²) in [6, 6.07) is 5.03. The number of nitrogens with zero attached hydrogens (tertiary/aromatic N) is 1. The molecule has 0 bridgehead atoms. The van der Waals surface area contributed by atoms with Gasteiger partial charge in [-0.15, -0.1) is 0 Å². The molecule has 1 fully saturated rings. The van der Waals surface area contributed by atoms with E-state index in [4.69, 9.17) is 0 Å². The Morgan fingerprint density at radius 2 is 1.69 bits per heavy atom. The van der Waals surface area contributed by atoms with Crippen molar-refractivity contribution in [2.75, 3.05) is 18.0 Å². The summed E-state index contributed by atoms with van der Waals surface area (Å²) in [4.78, 5) is 35.4. The molecule has 1 saturated heterocycles. The van der Waals surface area contributed by atoms with Crippen molar-refractivity contribution >= 4 is 23.3 Å². The zero-order chi connectivity index (χ0) is 11.3. The van der Waals surface area contributed by atoms with Crippen LogP contribution >= 0.6 is 0 Å². The van der Waals surface area contributed by atoms with Crippen LogP contribution in [-0.2, 0) is 4.79 Å². The van der Waals surface area contributed by atoms with E-state index in [1.165, 1.54) is 0 Å². The van der Waals surface area contributed by atoms with Gasteiger partial charge in [0.1, 0.15) is 0 Å². The maximum Gasteiger partial charge on any atom is 0.259 e. The van der Waals surface area contributed by atoms with Gasteiger partial charge in [-0.3, -0.25) is 19.7 Å². The average molecular weight is 216 g/mol. The number of nitrogens with one attached hydrogen (secondary N) is 1. The van der Waals surface area contributed by atoms with Crippen LogP contribution in [0.25, 0.3) is 0 Å². The van der Waals surface area contributed by atoms with E-state index in [-0.39, 0.29) is 17.6 Å². The van der Waals surface area contributed by atoms with Crippen LogP contribution in [0.15, 0.2) is 18.2 Å². The number of amides is 2. The van der Waals surface area contributed by atoms with Crippen molar-refractivity contribution in [3.8, 4) is 0 Å². The van der Waals surface area contributed by atoms with Crippen molar-refractivity contribution in [1.82, 2.24) is 5.32 Å². The molecule has 1 N–H and O–H groups in total. The molecule has 2 amide bonds. The number of carbonyl (C=O) groups is 3. The smallest absolute Gasteiger partial charge is 0.259 e. The van der Waals surface area contributed by atoms with E-state index in [9.17, 15) is 14.4 Å². The molecule has 0 unspecified atom stereocenters. The molecule has 0 aliphatic carbocycles. The van der Waals surface area contributed by atoms with Crippen LogP contribution in [0, 0.1) is 0 Å². The first kappa shape index (κ1) is 9.08. The van der Waals surface area contributed by atoms with Crippen LogP contribution < -0.4 is 10.2 Å². The SMILES string of the molecule is O=C1CN(c2ccc3c(c2)C(=O)NC3=O)C1. The molecule has 0 atom stereocenters. The number of imide groups is 1. The molecule has 1 aromatic rings. The van der Waals surface area contributed by atoms with Crippen LogP contribution in [-0.4, -0.2) is 30.7 Å². The van der Waals surface area contributed by atoms with Gasteiger partial charge in [0.05, 0.1) is 24.2 Å². The van der Waals surface area contributed by atoms with E-state index in [1.807, 2.05) is 4.90 Å². The summed E-state index contributed by atoms with van der Waals surface area (Å²) in [5, 5.41) is 2.23. The Morgan fingerprint density at radius 3 is 2.38 bits per heavy atom. The minimum Gasteiger partial charge on any atom is -0.357 e. The lowest BCUT2D eigenvalue weighted by Crippen LogP contribution is -2.47. The lowest BCUT2D eigenvalue weighted by atomic mass is 10.1. The van der Waals surface area contributed by atoms with Crippen molar-refractivity contribution in [2.45, 2.75) is 0 Å². The molecule has 2 aliphatic rings. The lowest BCUT2D eigenvalue weighted by Gasteiger charge is -2.31. The lowest BCUT2D eigenvalue weighted by molar-refractivity contribution is -0.119. The molecule has 3 rings (SSSR count). The summed E-state index contributed by atoms with van der Waals surface area (Å²) < 4.78 is 0. The van der Waals surface area contributed by atoms with Gasteiger partial charge in [-0.05, 0) is 18.2 Å². The minimum absolute atomic E-state index is 0.182. The maximum atomic E-state index is 11.4. The quantitative estimate of drug-likeness (QED) is 0.669. The van der Waals surface area contributed by atoms with Crippen molar-refractivity contribution < 1.29 is 14.4 Å². The van der Waals surface area contributed by atoms with Gasteiger partial charge in [0.2, 0.25) is 0 Å². The zero-order valence-electron chi connectivity index (χ0n) is 8.32. The zero-order valence-corrected chi connectivity index (χ0v) is 8.32. The number of Topliss-reactive ketones (excluding diaryl/α,β-unsaturated/α-hetero) is 1. The molecule has 2 aliphatic heterocycles. The largest absolute Gasteiger partial charge is 0.357 e. The standard InChI is InChI=1S/C11H8N2O3/c14-7-4-13(5-7)6-1-2-8-9(3-6)11(16)12-10(8)15/h1-3H,4-5H2,(H,12,15,16). The molecule has 0 saturated carbocycles. The predicted octanol–water partition coefficient (Wildman–Crippen LogP) is -0.0407. The Kier molecular flexibility index (Phi) is 1.65. The summed E-state index contributed by atoms with van der Waals surface area (Å²) in [5.41, 5.74) is 1.60. The van der Waals surface area contributed by atoms with Gasteiger partial charge in [-0.1, -0.05) is 0 Å². The van der Waals surface area contributed by atoms with Crippen molar-refractivity contribution in [3.63, 3.8) is 0 Å². The average Bonchev–Trinajstić information content (AvgIpc) is 2.50. The monoisotopic (exact) mass is 216 g/mol. The molecular formula is C11H8N2O3. The summed E-state index contributed by atoms with van der Waals surface area (Å²) in [6.07, 6.45) is 0. The third-order valence-corrected chi connectivity index (χ3v) is 2.82. The molecule has 0 radical (unpaired) electrons. The fourth-order valence-corrected chi connectivity index (χ4v) is 1.91. The summed E-state index contributed by atoms with van der Waals surface area (Å²) in [6.45, 7) is 0.767. The molecule has 0 aromatic heterocycles. The van der Waals surface area contributed by atoms with Crippen LogP contribution in [0.5, 0.6) is 0 Å². The molecular weight excluding hydrogens is 208 g/mol. The van der Waals surface area contributed by atoms with Crippen molar-refractivity contribution in [3.05, 3.63) is 29.3 Å². The van der Waals surface area contributed by atoms with Crippen LogP contribution in [0.2, 0.25) is 0 Å². The van der Waals surface area contributed by atoms with Gasteiger partial charge in [-0.2, -0.15) is 0 Å². The summed E-state index contributed by atoms with van der Waals surface area (Å²) in [5.74, 6) is -0.541. The summed E-state index contributed by atoms with van der Waals surface area (Å²) >= 11 is 0. The first-order valence-corrected chi connectivity index (χ1v) is 4.91. The Hall–Kier alpha value is -2.17. The highest BCUT2D eigenvalue weighted by atomic mass is 16.2. The van der Waals surface area contributed by atoms with Gasteiger partial charge in [-0.25, -0.2) is 0 Å². The van der Waals surface area contributed by atoms with Crippen LogP contribution in [0.4, 0.5) is 5.69 Å². The Labute approximate surface area is 91.0 Å². The van der Waals surface area contributed by atoms with E-state index in [1.54, 1.807) is 18.2 Å². The Balaban J connectivity index is 2.00. The van der Waals surface area contributed by atoms with Gasteiger partial charge in [0.25, 0.3) is 11.8 Å². The number of carbonyl (C=O) groups excluding carboxylic acids is 3. The molecule has 5 nitrogen and oxygen atoms in total. The number of hydrogen-bond donors (Lipinski definition) is 1. The van der Waals surface area contributed by atoms with E-state index < -0.39 is 0 Å². The topological polar surface area (TPSA) is 66.5 Å². The molecule has 2 heterocycles. The normalized spacial score (nSPS) is 18.2. The van der Waals surface area contributed by atoms with E-state index in [0.717, 1.165) is 5.69 Å². The van der Waals surface area contributed by atoms with E-state index in [0.29, 0.717) is 24.2 Å². The first-order chi connectivity index (χ1) is 7.65. The van der Waals surface area contributed by atoms with Gasteiger partial charge in [0.15, 0.2) is 5.78 Å².